The summed E-state index contributed by atoms with van der Waals surface area (Å²) in [5, 5.41) is 6.96. The number of hydrogen-bond acceptors (Lipinski definition) is 6. The van der Waals surface area contributed by atoms with E-state index in [1.165, 1.54) is 0 Å². The van der Waals surface area contributed by atoms with Crippen molar-refractivity contribution in [2.24, 2.45) is 0 Å². The molecule has 1 saturated carbocycles. The summed E-state index contributed by atoms with van der Waals surface area (Å²) in [5.41, 5.74) is 5.85. The van der Waals surface area contributed by atoms with E-state index in [1.54, 1.807) is 0 Å². The summed E-state index contributed by atoms with van der Waals surface area (Å²) in [6, 6.07) is 15.9. The molecule has 7 heteroatoms. The standard InChI is InChI=1S/C32H36N2O5.C2H6/c1-6-9-23(7-2)21(4)33-31(36)38-20-28-22(5)34-39-29(28)26-12-10-24(11-13-26)25-14-16-27(17-15-25)32(18-19-32)30(35)37-8-3;1-2/h6-7,9-17,21H,8,18-20H2,1-5H3,(H,33,36);1-2H3/b9-6-,23-7+;. The number of aromatic nitrogens is 1. The maximum absolute atomic E-state index is 12.4. The van der Waals surface area contributed by atoms with Gasteiger partial charge in [0.25, 0.3) is 0 Å². The first-order valence-electron chi connectivity index (χ1n) is 14.4. The lowest BCUT2D eigenvalue weighted by Crippen LogP contribution is -2.34. The van der Waals surface area contributed by atoms with Gasteiger partial charge in [-0.1, -0.05) is 85.8 Å². The number of hydrogen-bond donors (Lipinski definition) is 1. The number of aryl methyl sites for hydroxylation is 1. The van der Waals surface area contributed by atoms with Gasteiger partial charge in [-0.15, -0.1) is 0 Å². The Kier molecular flexibility index (Phi) is 11.1. The van der Waals surface area contributed by atoms with E-state index in [1.807, 2.05) is 115 Å². The third kappa shape index (κ3) is 7.34. The quantitative estimate of drug-likeness (QED) is 0.200. The highest BCUT2D eigenvalue weighted by molar-refractivity contribution is 5.87. The lowest BCUT2D eigenvalue weighted by molar-refractivity contribution is -0.146. The minimum absolute atomic E-state index is 0.0451. The van der Waals surface area contributed by atoms with Crippen LogP contribution in [-0.2, 0) is 26.3 Å². The molecule has 1 fully saturated rings. The summed E-state index contributed by atoms with van der Waals surface area (Å²) >= 11 is 0. The van der Waals surface area contributed by atoms with Gasteiger partial charge in [0.15, 0.2) is 5.76 Å². The molecule has 1 unspecified atom stereocenters. The Labute approximate surface area is 243 Å². The van der Waals surface area contributed by atoms with Gasteiger partial charge in [0, 0.05) is 5.56 Å². The Morgan fingerprint density at radius 3 is 2.12 bits per heavy atom. The number of benzene rings is 2. The fourth-order valence-corrected chi connectivity index (χ4v) is 4.71. The second kappa shape index (κ2) is 14.5. The van der Waals surface area contributed by atoms with Crippen molar-refractivity contribution in [1.82, 2.24) is 10.5 Å². The minimum atomic E-state index is -0.507. The van der Waals surface area contributed by atoms with Crippen molar-refractivity contribution in [2.45, 2.75) is 79.4 Å². The first-order chi connectivity index (χ1) is 19.8. The first-order valence-corrected chi connectivity index (χ1v) is 14.4. The molecule has 1 heterocycles. The van der Waals surface area contributed by atoms with E-state index in [0.717, 1.165) is 46.2 Å². The number of carbonyl (C=O) groups is 2. The number of ether oxygens (including phenoxy) is 2. The molecule has 1 N–H and O–H groups in total. The number of carbonyl (C=O) groups excluding carboxylic acids is 2. The Morgan fingerprint density at radius 2 is 1.59 bits per heavy atom. The number of allylic oxidation sites excluding steroid dienone is 2. The number of rotatable bonds is 10. The SMILES string of the molecule is C/C=C\C(=C/C)C(C)NC(=O)OCc1c(C)noc1-c1ccc(-c2ccc(C3(C(=O)OCC)CC3)cc2)cc1.CC. The highest BCUT2D eigenvalue weighted by Gasteiger charge is 2.52. The summed E-state index contributed by atoms with van der Waals surface area (Å²) in [4.78, 5) is 24.8. The highest BCUT2D eigenvalue weighted by Crippen LogP contribution is 2.49. The van der Waals surface area contributed by atoms with Crippen molar-refractivity contribution < 1.29 is 23.6 Å². The average molecular weight is 559 g/mol. The van der Waals surface area contributed by atoms with Crippen molar-refractivity contribution in [3.63, 3.8) is 0 Å². The molecule has 1 atom stereocenters. The van der Waals surface area contributed by atoms with E-state index < -0.39 is 11.5 Å². The number of alkyl carbamates (subject to hydrolysis) is 1. The van der Waals surface area contributed by atoms with Gasteiger partial charge in [0.1, 0.15) is 6.61 Å². The van der Waals surface area contributed by atoms with Gasteiger partial charge >= 0.3 is 12.1 Å². The minimum Gasteiger partial charge on any atom is -0.465 e. The third-order valence-electron chi connectivity index (χ3n) is 7.19. The Hall–Kier alpha value is -4.13. The zero-order valence-corrected chi connectivity index (χ0v) is 25.2. The molecule has 0 aliphatic heterocycles. The van der Waals surface area contributed by atoms with Gasteiger partial charge in [-0.2, -0.15) is 0 Å². The molecule has 1 aromatic heterocycles. The molecule has 4 rings (SSSR count). The lowest BCUT2D eigenvalue weighted by atomic mass is 9.93. The Morgan fingerprint density at radius 1 is 1.00 bits per heavy atom. The van der Waals surface area contributed by atoms with Crippen molar-refractivity contribution >= 4 is 12.1 Å². The second-order valence-corrected chi connectivity index (χ2v) is 9.76. The number of esters is 1. The highest BCUT2D eigenvalue weighted by atomic mass is 16.6. The van der Waals surface area contributed by atoms with Crippen LogP contribution >= 0.6 is 0 Å². The largest absolute Gasteiger partial charge is 0.465 e. The summed E-state index contributed by atoms with van der Waals surface area (Å²) in [7, 11) is 0. The Bertz CT molecular complexity index is 1360. The zero-order chi connectivity index (χ0) is 30.0. The number of amides is 1. The van der Waals surface area contributed by atoms with E-state index in [9.17, 15) is 9.59 Å². The van der Waals surface area contributed by atoms with Crippen LogP contribution in [0.2, 0.25) is 0 Å². The number of nitrogens with one attached hydrogen (secondary N) is 1. The summed E-state index contributed by atoms with van der Waals surface area (Å²) in [6.07, 6.45) is 7.00. The molecule has 218 valence electrons. The van der Waals surface area contributed by atoms with Crippen molar-refractivity contribution in [3.05, 3.63) is 89.2 Å². The van der Waals surface area contributed by atoms with Gasteiger partial charge in [-0.25, -0.2) is 4.79 Å². The topological polar surface area (TPSA) is 90.7 Å². The lowest BCUT2D eigenvalue weighted by Gasteiger charge is -2.15. The van der Waals surface area contributed by atoms with E-state index in [2.05, 4.69) is 10.5 Å². The van der Waals surface area contributed by atoms with Gasteiger partial charge in [0.2, 0.25) is 0 Å². The van der Waals surface area contributed by atoms with Crippen LogP contribution < -0.4 is 5.32 Å². The van der Waals surface area contributed by atoms with Gasteiger partial charge in [0.05, 0.1) is 29.3 Å². The van der Waals surface area contributed by atoms with Gasteiger partial charge in [-0.05, 0) is 69.7 Å². The molecule has 1 amide bonds. The maximum Gasteiger partial charge on any atom is 0.407 e. The first kappa shape index (κ1) is 31.4. The summed E-state index contributed by atoms with van der Waals surface area (Å²) in [5.74, 6) is 0.441. The average Bonchev–Trinajstić information content (AvgIpc) is 3.73. The van der Waals surface area contributed by atoms with E-state index in [0.29, 0.717) is 18.1 Å². The van der Waals surface area contributed by atoms with E-state index in [-0.39, 0.29) is 18.6 Å². The monoisotopic (exact) mass is 558 g/mol. The van der Waals surface area contributed by atoms with E-state index in [4.69, 9.17) is 14.0 Å². The molecule has 1 aliphatic carbocycles. The zero-order valence-electron chi connectivity index (χ0n) is 25.2. The molecule has 41 heavy (non-hydrogen) atoms. The van der Waals surface area contributed by atoms with Crippen LogP contribution in [0.15, 0.2) is 76.9 Å². The van der Waals surface area contributed by atoms with E-state index >= 15 is 0 Å². The van der Waals surface area contributed by atoms with Crippen LogP contribution in [0.4, 0.5) is 4.79 Å². The van der Waals surface area contributed by atoms with Crippen LogP contribution in [0.1, 0.15) is 71.2 Å². The van der Waals surface area contributed by atoms with Crippen LogP contribution in [0, 0.1) is 6.92 Å². The van der Waals surface area contributed by atoms with Crippen LogP contribution in [-0.4, -0.2) is 29.9 Å². The predicted octanol–water partition coefficient (Wildman–Crippen LogP) is 8.08. The van der Waals surface area contributed by atoms with Crippen molar-refractivity contribution in [2.75, 3.05) is 6.61 Å². The van der Waals surface area contributed by atoms with Crippen LogP contribution in [0.5, 0.6) is 0 Å². The normalized spacial score (nSPS) is 14.6. The Balaban J connectivity index is 0.00000226. The molecule has 0 spiro atoms. The molecule has 3 aromatic rings. The molecule has 1 aliphatic rings. The summed E-state index contributed by atoms with van der Waals surface area (Å²) < 4.78 is 16.4. The van der Waals surface area contributed by atoms with Crippen molar-refractivity contribution in [3.8, 4) is 22.5 Å². The number of nitrogens with zero attached hydrogens (tertiary/aromatic N) is 1. The van der Waals surface area contributed by atoms with Crippen LogP contribution in [0.3, 0.4) is 0 Å². The smallest absolute Gasteiger partial charge is 0.407 e. The molecule has 0 saturated heterocycles. The molecule has 7 nitrogen and oxygen atoms in total. The van der Waals surface area contributed by atoms with Crippen molar-refractivity contribution in [1.29, 1.82) is 0 Å². The third-order valence-corrected chi connectivity index (χ3v) is 7.19. The van der Waals surface area contributed by atoms with Crippen LogP contribution in [0.25, 0.3) is 22.5 Å². The summed E-state index contributed by atoms with van der Waals surface area (Å²) in [6.45, 7) is 13.9. The predicted molar refractivity (Wildman–Crippen MR) is 162 cm³/mol. The molecule has 0 radical (unpaired) electrons. The fourth-order valence-electron chi connectivity index (χ4n) is 4.71. The molecule has 2 aromatic carbocycles. The fraction of sp³-hybridized carbons (Fsp3) is 0.382. The molecule has 0 bridgehead atoms. The van der Waals surface area contributed by atoms with Gasteiger partial charge < -0.3 is 19.3 Å². The molecular weight excluding hydrogens is 516 g/mol. The van der Waals surface area contributed by atoms with Gasteiger partial charge in [-0.3, -0.25) is 4.79 Å². The maximum atomic E-state index is 12.4. The second-order valence-electron chi connectivity index (χ2n) is 9.76. The molecular formula is C34H42N2O5.